The summed E-state index contributed by atoms with van der Waals surface area (Å²) >= 11 is 14.9. The molecule has 1 amide bonds. The third-order valence-corrected chi connectivity index (χ3v) is 1.46. The summed E-state index contributed by atoms with van der Waals surface area (Å²) in [6.07, 6.45) is -7.34. The number of halogens is 6. The fourth-order valence-corrected chi connectivity index (χ4v) is 0.452. The van der Waals surface area contributed by atoms with Crippen molar-refractivity contribution in [3.05, 3.63) is 0 Å². The highest BCUT2D eigenvalue weighted by atomic mass is 35.6. The van der Waals surface area contributed by atoms with Crippen LogP contribution in [0.15, 0.2) is 0 Å². The summed E-state index contributed by atoms with van der Waals surface area (Å²) in [5.41, 5.74) is 0. The standard InChI is InChI=1S/C4H3Cl3F3NO2/c5-3(6,7)1(12)11-2(13)4(8,9)10/h1,12H,(H,11,13)/t1-/m1/s1. The van der Waals surface area contributed by atoms with Crippen molar-refractivity contribution in [2.24, 2.45) is 0 Å². The molecule has 9 heteroatoms. The van der Waals surface area contributed by atoms with E-state index in [9.17, 15) is 18.0 Å². The van der Waals surface area contributed by atoms with Gasteiger partial charge in [-0.05, 0) is 0 Å². The van der Waals surface area contributed by atoms with Crippen LogP contribution in [0.25, 0.3) is 0 Å². The molecule has 0 aliphatic rings. The Labute approximate surface area is 85.7 Å². The normalized spacial score (nSPS) is 15.3. The molecule has 13 heavy (non-hydrogen) atoms. The first-order valence-corrected chi connectivity index (χ1v) is 3.81. The summed E-state index contributed by atoms with van der Waals surface area (Å²) in [5.74, 6) is -2.38. The molecule has 0 aliphatic heterocycles. The molecule has 0 aromatic rings. The minimum absolute atomic E-state index is 1.06. The van der Waals surface area contributed by atoms with Gasteiger partial charge in [-0.25, -0.2) is 0 Å². The molecule has 3 nitrogen and oxygen atoms in total. The van der Waals surface area contributed by atoms with Crippen molar-refractivity contribution >= 4 is 40.7 Å². The van der Waals surface area contributed by atoms with Crippen LogP contribution in [0.5, 0.6) is 0 Å². The number of aliphatic hydroxyl groups excluding tert-OH is 1. The van der Waals surface area contributed by atoms with E-state index in [2.05, 4.69) is 0 Å². The van der Waals surface area contributed by atoms with Crippen LogP contribution >= 0.6 is 34.8 Å². The lowest BCUT2D eigenvalue weighted by molar-refractivity contribution is -0.176. The predicted octanol–water partition coefficient (Wildman–Crippen LogP) is 1.35. The molecule has 0 aromatic carbocycles. The summed E-state index contributed by atoms with van der Waals surface area (Å²) in [5, 5.41) is 9.75. The highest BCUT2D eigenvalue weighted by Crippen LogP contribution is 2.29. The fraction of sp³-hybridized carbons (Fsp3) is 0.750. The third-order valence-electron chi connectivity index (χ3n) is 0.835. The number of nitrogens with one attached hydrogen (secondary N) is 1. The van der Waals surface area contributed by atoms with Gasteiger partial charge < -0.3 is 10.4 Å². The van der Waals surface area contributed by atoms with E-state index < -0.39 is 22.1 Å². The van der Waals surface area contributed by atoms with Crippen molar-refractivity contribution in [2.75, 3.05) is 0 Å². The summed E-state index contributed by atoms with van der Waals surface area (Å²) in [4.78, 5) is 10.1. The van der Waals surface area contributed by atoms with E-state index in [0.29, 0.717) is 0 Å². The second-order valence-corrected chi connectivity index (χ2v) is 4.28. The van der Waals surface area contributed by atoms with E-state index >= 15 is 0 Å². The van der Waals surface area contributed by atoms with Crippen LogP contribution in [-0.2, 0) is 4.79 Å². The Morgan fingerprint density at radius 1 is 1.31 bits per heavy atom. The van der Waals surface area contributed by atoms with Crippen LogP contribution < -0.4 is 5.32 Å². The van der Waals surface area contributed by atoms with Crippen LogP contribution in [0.3, 0.4) is 0 Å². The Balaban J connectivity index is 4.24. The number of amides is 1. The molecule has 0 heterocycles. The number of rotatable bonds is 1. The van der Waals surface area contributed by atoms with Crippen molar-refractivity contribution in [3.8, 4) is 0 Å². The number of hydrogen-bond acceptors (Lipinski definition) is 2. The zero-order valence-corrected chi connectivity index (χ0v) is 7.97. The van der Waals surface area contributed by atoms with Crippen molar-refractivity contribution in [3.63, 3.8) is 0 Å². The molecule has 0 fully saturated rings. The maximum absolute atomic E-state index is 11.5. The maximum Gasteiger partial charge on any atom is 0.471 e. The molecule has 0 aliphatic carbocycles. The lowest BCUT2D eigenvalue weighted by Gasteiger charge is -2.20. The van der Waals surface area contributed by atoms with E-state index in [1.54, 1.807) is 0 Å². The number of alkyl halides is 6. The average Bonchev–Trinajstić information content (AvgIpc) is 1.82. The van der Waals surface area contributed by atoms with E-state index in [1.165, 1.54) is 0 Å². The highest BCUT2D eigenvalue weighted by molar-refractivity contribution is 6.68. The molecule has 2 N–H and O–H groups in total. The molecular weight excluding hydrogens is 257 g/mol. The summed E-state index contributed by atoms with van der Waals surface area (Å²) in [6.45, 7) is 0. The monoisotopic (exact) mass is 259 g/mol. The average molecular weight is 260 g/mol. The molecule has 0 rings (SSSR count). The van der Waals surface area contributed by atoms with Gasteiger partial charge in [-0.1, -0.05) is 34.8 Å². The summed E-state index contributed by atoms with van der Waals surface area (Å²) in [6, 6.07) is 0. The lowest BCUT2D eigenvalue weighted by atomic mass is 10.5. The van der Waals surface area contributed by atoms with Gasteiger partial charge in [0.1, 0.15) is 0 Å². The second kappa shape index (κ2) is 4.08. The molecular formula is C4H3Cl3F3NO2. The zero-order chi connectivity index (χ0) is 10.9. The molecule has 0 spiro atoms. The van der Waals surface area contributed by atoms with Gasteiger partial charge in [0.25, 0.3) is 0 Å². The SMILES string of the molecule is O=C(N[C@H](O)C(Cl)(Cl)Cl)C(F)(F)F. The van der Waals surface area contributed by atoms with Crippen LogP contribution in [-0.4, -0.2) is 27.2 Å². The predicted molar refractivity (Wildman–Crippen MR) is 40.5 cm³/mol. The van der Waals surface area contributed by atoms with Gasteiger partial charge in [-0.2, -0.15) is 13.2 Å². The van der Waals surface area contributed by atoms with Crippen LogP contribution in [0.1, 0.15) is 0 Å². The summed E-state index contributed by atoms with van der Waals surface area (Å²) < 4.78 is 32.2. The van der Waals surface area contributed by atoms with Crippen molar-refractivity contribution < 1.29 is 23.1 Å². The first-order valence-electron chi connectivity index (χ1n) is 2.67. The molecule has 0 bridgehead atoms. The first kappa shape index (κ1) is 13.1. The minimum atomic E-state index is -5.13. The topological polar surface area (TPSA) is 49.3 Å². The number of aliphatic hydroxyl groups is 1. The first-order chi connectivity index (χ1) is 5.55. The van der Waals surface area contributed by atoms with Crippen molar-refractivity contribution in [1.29, 1.82) is 0 Å². The Morgan fingerprint density at radius 2 is 1.69 bits per heavy atom. The lowest BCUT2D eigenvalue weighted by Crippen LogP contribution is -2.48. The Hall–Kier alpha value is 0.0900. The molecule has 0 radical (unpaired) electrons. The second-order valence-electron chi connectivity index (χ2n) is 1.92. The third kappa shape index (κ3) is 4.75. The van der Waals surface area contributed by atoms with E-state index in [-0.39, 0.29) is 0 Å². The van der Waals surface area contributed by atoms with E-state index in [1.807, 2.05) is 0 Å². The fourth-order valence-electron chi connectivity index (χ4n) is 0.288. The highest BCUT2D eigenvalue weighted by Gasteiger charge is 2.43. The molecule has 1 atom stereocenters. The molecule has 0 aromatic heterocycles. The number of carbonyl (C=O) groups excluding carboxylic acids is 1. The van der Waals surface area contributed by atoms with Crippen LogP contribution in [0.4, 0.5) is 13.2 Å². The van der Waals surface area contributed by atoms with Gasteiger partial charge >= 0.3 is 12.1 Å². The number of hydrogen-bond donors (Lipinski definition) is 2. The Morgan fingerprint density at radius 3 is 1.92 bits per heavy atom. The Kier molecular flexibility index (Phi) is 4.11. The van der Waals surface area contributed by atoms with Crippen molar-refractivity contribution in [2.45, 2.75) is 16.2 Å². The molecule has 0 saturated heterocycles. The van der Waals surface area contributed by atoms with Gasteiger partial charge in [0.05, 0.1) is 0 Å². The largest absolute Gasteiger partial charge is 0.471 e. The Bertz CT molecular complexity index is 202. The maximum atomic E-state index is 11.5. The van der Waals surface area contributed by atoms with Gasteiger partial charge in [0.2, 0.25) is 3.79 Å². The van der Waals surface area contributed by atoms with Crippen molar-refractivity contribution in [1.82, 2.24) is 5.32 Å². The van der Waals surface area contributed by atoms with E-state index in [4.69, 9.17) is 39.9 Å². The van der Waals surface area contributed by atoms with Gasteiger partial charge in [0.15, 0.2) is 6.23 Å². The number of carbonyl (C=O) groups is 1. The smallest absolute Gasteiger partial charge is 0.369 e. The van der Waals surface area contributed by atoms with Gasteiger partial charge in [-0.15, -0.1) is 0 Å². The molecule has 0 saturated carbocycles. The minimum Gasteiger partial charge on any atom is -0.369 e. The van der Waals surface area contributed by atoms with Gasteiger partial charge in [0, 0.05) is 0 Å². The zero-order valence-electron chi connectivity index (χ0n) is 5.70. The quantitative estimate of drug-likeness (QED) is 0.552. The molecule has 78 valence electrons. The van der Waals surface area contributed by atoms with E-state index in [0.717, 1.165) is 5.32 Å². The van der Waals surface area contributed by atoms with Crippen LogP contribution in [0, 0.1) is 0 Å². The summed E-state index contributed by atoms with van der Waals surface area (Å²) in [7, 11) is 0. The van der Waals surface area contributed by atoms with Gasteiger partial charge in [-0.3, -0.25) is 4.79 Å². The molecule has 0 unspecified atom stereocenters. The van der Waals surface area contributed by atoms with Crippen LogP contribution in [0.2, 0.25) is 0 Å².